The standard InChI is InChI=1S/C14H13F2N3O4/c1-8(19-7-6-10(18-19)13(21)22)12(20)17-9-4-2-3-5-11(9)23-14(15)16/h2-8,14H,1H3,(H,17,20)(H,21,22). The van der Waals surface area contributed by atoms with Gasteiger partial charge in [-0.1, -0.05) is 12.1 Å². The van der Waals surface area contributed by atoms with Gasteiger partial charge >= 0.3 is 12.6 Å². The number of nitrogens with one attached hydrogen (secondary N) is 1. The van der Waals surface area contributed by atoms with E-state index < -0.39 is 24.5 Å². The number of rotatable bonds is 6. The Morgan fingerprint density at radius 3 is 2.61 bits per heavy atom. The van der Waals surface area contributed by atoms with Crippen molar-refractivity contribution in [2.24, 2.45) is 0 Å². The molecule has 1 aromatic carbocycles. The number of benzene rings is 1. The first-order valence-corrected chi connectivity index (χ1v) is 6.51. The van der Waals surface area contributed by atoms with Crippen molar-refractivity contribution in [3.05, 3.63) is 42.2 Å². The number of aromatic nitrogens is 2. The second-order valence-corrected chi connectivity index (χ2v) is 4.53. The molecule has 0 aliphatic carbocycles. The zero-order valence-electron chi connectivity index (χ0n) is 11.9. The van der Waals surface area contributed by atoms with Crippen LogP contribution in [0, 0.1) is 0 Å². The number of ether oxygens (including phenoxy) is 1. The molecule has 0 fully saturated rings. The molecule has 0 saturated carbocycles. The van der Waals surface area contributed by atoms with Gasteiger partial charge in [0.1, 0.15) is 11.8 Å². The lowest BCUT2D eigenvalue weighted by Gasteiger charge is -2.15. The molecule has 2 rings (SSSR count). The smallest absolute Gasteiger partial charge is 0.387 e. The molecule has 1 amide bonds. The fourth-order valence-electron chi connectivity index (χ4n) is 1.79. The summed E-state index contributed by atoms with van der Waals surface area (Å²) in [6, 6.07) is 6.15. The monoisotopic (exact) mass is 325 g/mol. The van der Waals surface area contributed by atoms with Gasteiger partial charge < -0.3 is 15.2 Å². The number of hydrogen-bond acceptors (Lipinski definition) is 4. The van der Waals surface area contributed by atoms with E-state index in [4.69, 9.17) is 5.11 Å². The third-order valence-corrected chi connectivity index (χ3v) is 2.96. The Kier molecular flexibility index (Phi) is 4.89. The quantitative estimate of drug-likeness (QED) is 0.850. The van der Waals surface area contributed by atoms with E-state index >= 15 is 0 Å². The van der Waals surface area contributed by atoms with Crippen LogP contribution in [0.3, 0.4) is 0 Å². The van der Waals surface area contributed by atoms with Crippen LogP contribution in [0.15, 0.2) is 36.5 Å². The summed E-state index contributed by atoms with van der Waals surface area (Å²) in [7, 11) is 0. The highest BCUT2D eigenvalue weighted by molar-refractivity contribution is 5.94. The third-order valence-electron chi connectivity index (χ3n) is 2.96. The van der Waals surface area contributed by atoms with Gasteiger partial charge in [0.25, 0.3) is 0 Å². The summed E-state index contributed by atoms with van der Waals surface area (Å²) in [5, 5.41) is 15.0. The van der Waals surface area contributed by atoms with Crippen molar-refractivity contribution in [2.45, 2.75) is 19.6 Å². The van der Waals surface area contributed by atoms with Gasteiger partial charge in [-0.05, 0) is 25.1 Å². The number of amides is 1. The summed E-state index contributed by atoms with van der Waals surface area (Å²) in [4.78, 5) is 22.9. The zero-order valence-corrected chi connectivity index (χ0v) is 11.9. The summed E-state index contributed by atoms with van der Waals surface area (Å²) in [5.41, 5.74) is -0.124. The van der Waals surface area contributed by atoms with E-state index in [0.717, 1.165) is 4.68 Å². The van der Waals surface area contributed by atoms with Crippen molar-refractivity contribution in [3.63, 3.8) is 0 Å². The Labute approximate surface area is 129 Å². The van der Waals surface area contributed by atoms with E-state index in [9.17, 15) is 18.4 Å². The predicted octanol–water partition coefficient (Wildman–Crippen LogP) is 2.38. The van der Waals surface area contributed by atoms with Gasteiger partial charge in [0.05, 0.1) is 5.69 Å². The second kappa shape index (κ2) is 6.86. The van der Waals surface area contributed by atoms with Crippen LogP contribution in [-0.4, -0.2) is 33.4 Å². The van der Waals surface area contributed by atoms with E-state index in [-0.39, 0.29) is 17.1 Å². The highest BCUT2D eigenvalue weighted by Crippen LogP contribution is 2.26. The maximum Gasteiger partial charge on any atom is 0.387 e. The molecule has 0 aliphatic heterocycles. The summed E-state index contributed by atoms with van der Waals surface area (Å²) in [5.74, 6) is -1.95. The van der Waals surface area contributed by atoms with Gasteiger partial charge in [-0.3, -0.25) is 9.48 Å². The lowest BCUT2D eigenvalue weighted by Crippen LogP contribution is -2.24. The minimum absolute atomic E-state index is 0.0789. The molecule has 0 aliphatic rings. The van der Waals surface area contributed by atoms with Crippen LogP contribution in [0.25, 0.3) is 0 Å². The molecule has 2 aromatic rings. The second-order valence-electron chi connectivity index (χ2n) is 4.53. The SMILES string of the molecule is CC(C(=O)Nc1ccccc1OC(F)F)n1ccc(C(=O)O)n1. The molecule has 1 heterocycles. The molecule has 9 heteroatoms. The number of carbonyl (C=O) groups excluding carboxylic acids is 1. The number of carboxylic acid groups (broad SMARTS) is 1. The van der Waals surface area contributed by atoms with E-state index in [1.165, 1.54) is 37.4 Å². The largest absolute Gasteiger partial charge is 0.476 e. The highest BCUT2D eigenvalue weighted by atomic mass is 19.3. The van der Waals surface area contributed by atoms with E-state index in [1.807, 2.05) is 0 Å². The molecule has 0 radical (unpaired) electrons. The van der Waals surface area contributed by atoms with Crippen molar-refractivity contribution in [1.82, 2.24) is 9.78 Å². The maximum absolute atomic E-state index is 12.3. The molecule has 0 bridgehead atoms. The highest BCUT2D eigenvalue weighted by Gasteiger charge is 2.19. The first-order valence-electron chi connectivity index (χ1n) is 6.51. The summed E-state index contributed by atoms with van der Waals surface area (Å²) in [6.45, 7) is -1.53. The third kappa shape index (κ3) is 4.02. The Morgan fingerprint density at radius 2 is 2.00 bits per heavy atom. The number of alkyl halides is 2. The number of para-hydroxylation sites is 2. The Balaban J connectivity index is 2.13. The van der Waals surface area contributed by atoms with Gasteiger partial charge in [-0.15, -0.1) is 0 Å². The van der Waals surface area contributed by atoms with Crippen LogP contribution in [0.4, 0.5) is 14.5 Å². The first-order chi connectivity index (χ1) is 10.9. The van der Waals surface area contributed by atoms with Crippen molar-refractivity contribution in [3.8, 4) is 5.75 Å². The average Bonchev–Trinajstić information content (AvgIpc) is 2.98. The van der Waals surface area contributed by atoms with Gasteiger partial charge in [-0.2, -0.15) is 13.9 Å². The van der Waals surface area contributed by atoms with Crippen molar-refractivity contribution >= 4 is 17.6 Å². The summed E-state index contributed by atoms with van der Waals surface area (Å²) in [6.07, 6.45) is 1.34. The number of hydrogen-bond donors (Lipinski definition) is 2. The Morgan fingerprint density at radius 1 is 1.30 bits per heavy atom. The van der Waals surface area contributed by atoms with E-state index in [1.54, 1.807) is 6.07 Å². The lowest BCUT2D eigenvalue weighted by molar-refractivity contribution is -0.119. The first kappa shape index (κ1) is 16.4. The van der Waals surface area contributed by atoms with Crippen molar-refractivity contribution in [2.75, 3.05) is 5.32 Å². The van der Waals surface area contributed by atoms with Gasteiger partial charge in [-0.25, -0.2) is 4.79 Å². The fourth-order valence-corrected chi connectivity index (χ4v) is 1.79. The van der Waals surface area contributed by atoms with Gasteiger partial charge in [0.15, 0.2) is 5.69 Å². The maximum atomic E-state index is 12.3. The number of carbonyl (C=O) groups is 2. The van der Waals surface area contributed by atoms with Crippen LogP contribution in [0.5, 0.6) is 5.75 Å². The fraction of sp³-hybridized carbons (Fsp3) is 0.214. The van der Waals surface area contributed by atoms with Crippen LogP contribution < -0.4 is 10.1 Å². The van der Waals surface area contributed by atoms with Crippen LogP contribution in [-0.2, 0) is 4.79 Å². The van der Waals surface area contributed by atoms with Crippen LogP contribution >= 0.6 is 0 Å². The number of carboxylic acids is 1. The molecule has 1 unspecified atom stereocenters. The van der Waals surface area contributed by atoms with E-state index in [0.29, 0.717) is 0 Å². The molecular formula is C14H13F2N3O4. The number of aromatic carboxylic acids is 1. The average molecular weight is 325 g/mol. The molecule has 122 valence electrons. The van der Waals surface area contributed by atoms with Crippen molar-refractivity contribution < 1.29 is 28.2 Å². The van der Waals surface area contributed by atoms with Crippen molar-refractivity contribution in [1.29, 1.82) is 0 Å². The molecule has 0 saturated heterocycles. The zero-order chi connectivity index (χ0) is 17.0. The summed E-state index contributed by atoms with van der Waals surface area (Å²) < 4.78 is 30.2. The molecule has 23 heavy (non-hydrogen) atoms. The molecule has 1 atom stereocenters. The topological polar surface area (TPSA) is 93.5 Å². The molecular weight excluding hydrogens is 312 g/mol. The minimum Gasteiger partial charge on any atom is -0.476 e. The molecule has 2 N–H and O–H groups in total. The number of nitrogens with zero attached hydrogens (tertiary/aromatic N) is 2. The van der Waals surface area contributed by atoms with E-state index in [2.05, 4.69) is 15.2 Å². The molecule has 0 spiro atoms. The van der Waals surface area contributed by atoms with Gasteiger partial charge in [0.2, 0.25) is 5.91 Å². The number of anilines is 1. The Bertz CT molecular complexity index is 718. The van der Waals surface area contributed by atoms with Crippen LogP contribution in [0.1, 0.15) is 23.5 Å². The molecule has 1 aromatic heterocycles. The minimum atomic E-state index is -3.02. The lowest BCUT2D eigenvalue weighted by atomic mass is 10.2. The molecule has 7 nitrogen and oxygen atoms in total. The Hall–Kier alpha value is -2.97. The summed E-state index contributed by atoms with van der Waals surface area (Å²) >= 11 is 0. The number of halogens is 2. The van der Waals surface area contributed by atoms with Gasteiger partial charge in [0, 0.05) is 6.20 Å². The normalized spacial score (nSPS) is 12.0. The van der Waals surface area contributed by atoms with Crippen LogP contribution in [0.2, 0.25) is 0 Å². The predicted molar refractivity (Wildman–Crippen MR) is 75.6 cm³/mol.